The van der Waals surface area contributed by atoms with Gasteiger partial charge >= 0.3 is 32.4 Å². The fourth-order valence-corrected chi connectivity index (χ4v) is 4.78. The van der Waals surface area contributed by atoms with E-state index < -0.39 is 70.0 Å². The van der Waals surface area contributed by atoms with Crippen molar-refractivity contribution >= 4 is 43.9 Å². The van der Waals surface area contributed by atoms with Crippen LogP contribution in [0.1, 0.15) is 59.3 Å². The average Bonchev–Trinajstić information content (AvgIpc) is 3.45. The van der Waals surface area contributed by atoms with Gasteiger partial charge in [0.2, 0.25) is 0 Å². The molecule has 0 aliphatic carbocycles. The van der Waals surface area contributed by atoms with Crippen LogP contribution in [0.3, 0.4) is 0 Å². The lowest BCUT2D eigenvalue weighted by molar-refractivity contribution is -0.151. The Hall–Kier alpha value is -3.48. The zero-order valence-corrected chi connectivity index (χ0v) is 23.2. The molecule has 0 N–H and O–H groups in total. The maximum absolute atomic E-state index is 12.4. The Labute approximate surface area is 219 Å². The number of hydrogen-bond donors (Lipinski definition) is 0. The van der Waals surface area contributed by atoms with Gasteiger partial charge in [-0.15, -0.1) is 0 Å². The Morgan fingerprint density at radius 1 is 0.711 bits per heavy atom. The Kier molecular flexibility index (Phi) is 9.65. The largest absolute Gasteiger partial charge is 0.459 e. The van der Waals surface area contributed by atoms with Crippen LogP contribution in [-0.2, 0) is 52.7 Å². The molecule has 0 atom stereocenters. The van der Waals surface area contributed by atoms with Crippen molar-refractivity contribution < 1.29 is 45.5 Å². The summed E-state index contributed by atoms with van der Waals surface area (Å²) in [6, 6.07) is 0. The third kappa shape index (κ3) is 7.09. The number of Topliss-reactive ketones (excluding diaryl/α,β-unsaturated/α-hetero) is 2. The number of rotatable bonds is 13. The monoisotopic (exact) mass is 576 g/mol. The molecule has 2 aromatic rings. The molecule has 18 heteroatoms. The van der Waals surface area contributed by atoms with Gasteiger partial charge in [-0.05, 0) is 0 Å². The lowest BCUT2D eigenvalue weighted by Gasteiger charge is -2.12. The van der Waals surface area contributed by atoms with Gasteiger partial charge in [0.1, 0.15) is 13.2 Å². The van der Waals surface area contributed by atoms with E-state index in [0.29, 0.717) is 7.94 Å². The van der Waals surface area contributed by atoms with Gasteiger partial charge in [0.25, 0.3) is 0 Å². The van der Waals surface area contributed by atoms with Crippen LogP contribution >= 0.6 is 0 Å². The maximum atomic E-state index is 12.4. The van der Waals surface area contributed by atoms with Gasteiger partial charge in [-0.25, -0.2) is 17.9 Å². The molecular weight excluding hydrogens is 548 g/mol. The third-order valence-electron chi connectivity index (χ3n) is 4.79. The van der Waals surface area contributed by atoms with Crippen LogP contribution in [0.4, 0.5) is 0 Å². The molecule has 2 heterocycles. The molecule has 0 aromatic carbocycles. The summed E-state index contributed by atoms with van der Waals surface area (Å²) in [6.45, 7) is 1.38. The standard InChI is InChI=1S/C20H28N6O10S2/c1-13(27)19-21-15(9-25(19)37(31,32)23(3)4)11-35-17(29)7-8-18(30)36-12-16-10-26(20(22-16)14(2)28)38(33,34)24(5)6/h9-10H,7-8,11-12H2,1-6H3. The maximum Gasteiger partial charge on any atom is 0.308 e. The second kappa shape index (κ2) is 11.9. The minimum Gasteiger partial charge on any atom is -0.459 e. The molecule has 2 rings (SSSR count). The van der Waals surface area contributed by atoms with Gasteiger partial charge < -0.3 is 9.47 Å². The van der Waals surface area contributed by atoms with E-state index in [1.807, 2.05) is 0 Å². The van der Waals surface area contributed by atoms with Crippen molar-refractivity contribution in [2.24, 2.45) is 0 Å². The predicted octanol–water partition coefficient (Wildman–Crippen LogP) is -0.639. The topological polar surface area (TPSA) is 197 Å². The van der Waals surface area contributed by atoms with Gasteiger partial charge in [-0.3, -0.25) is 19.2 Å². The Morgan fingerprint density at radius 2 is 1.03 bits per heavy atom. The molecule has 2 aromatic heterocycles. The summed E-state index contributed by atoms with van der Waals surface area (Å²) in [5.41, 5.74) is 0.00202. The molecule has 0 aliphatic heterocycles. The van der Waals surface area contributed by atoms with Crippen molar-refractivity contribution in [3.05, 3.63) is 35.4 Å². The van der Waals surface area contributed by atoms with Crippen LogP contribution in [0.5, 0.6) is 0 Å². The number of nitrogens with zero attached hydrogens (tertiary/aromatic N) is 6. The SMILES string of the molecule is CC(=O)c1nc(COC(=O)CCC(=O)OCc2cn(S(=O)(=O)N(C)C)c(C(C)=O)n2)cn1S(=O)(=O)N(C)C. The van der Waals surface area contributed by atoms with Crippen molar-refractivity contribution in [2.45, 2.75) is 39.9 Å². The Bertz CT molecular complexity index is 1340. The van der Waals surface area contributed by atoms with Crippen LogP contribution in [0, 0.1) is 0 Å². The van der Waals surface area contributed by atoms with Crippen LogP contribution in [0.2, 0.25) is 0 Å². The van der Waals surface area contributed by atoms with Gasteiger partial charge in [-0.1, -0.05) is 0 Å². The van der Waals surface area contributed by atoms with E-state index in [1.165, 1.54) is 28.2 Å². The first-order valence-corrected chi connectivity index (χ1v) is 13.6. The normalized spacial score (nSPS) is 12.1. The summed E-state index contributed by atoms with van der Waals surface area (Å²) in [5, 5.41) is 0. The lowest BCUT2D eigenvalue weighted by Crippen LogP contribution is -2.30. The predicted molar refractivity (Wildman–Crippen MR) is 129 cm³/mol. The van der Waals surface area contributed by atoms with Crippen molar-refractivity contribution in [1.82, 2.24) is 26.5 Å². The number of carbonyl (C=O) groups is 4. The van der Waals surface area contributed by atoms with Crippen molar-refractivity contribution in [3.63, 3.8) is 0 Å². The molecule has 0 aliphatic rings. The Balaban J connectivity index is 1.95. The molecule has 0 fully saturated rings. The molecule has 16 nitrogen and oxygen atoms in total. The minimum absolute atomic E-state index is 0.00101. The fourth-order valence-electron chi connectivity index (χ4n) is 2.79. The smallest absolute Gasteiger partial charge is 0.308 e. The average molecular weight is 577 g/mol. The summed E-state index contributed by atoms with van der Waals surface area (Å²) >= 11 is 0. The van der Waals surface area contributed by atoms with Crippen molar-refractivity contribution in [3.8, 4) is 0 Å². The van der Waals surface area contributed by atoms with E-state index in [0.717, 1.165) is 34.9 Å². The highest BCUT2D eigenvalue weighted by molar-refractivity contribution is 7.87. The first-order valence-electron chi connectivity index (χ1n) is 10.8. The number of carbonyl (C=O) groups excluding carboxylic acids is 4. The number of ketones is 2. The number of esters is 2. The van der Waals surface area contributed by atoms with Gasteiger partial charge in [-0.2, -0.15) is 25.4 Å². The van der Waals surface area contributed by atoms with E-state index in [-0.39, 0.29) is 23.0 Å². The van der Waals surface area contributed by atoms with Crippen LogP contribution < -0.4 is 0 Å². The molecular formula is C20H28N6O10S2. The van der Waals surface area contributed by atoms with E-state index in [2.05, 4.69) is 9.97 Å². The molecule has 0 radical (unpaired) electrons. The quantitative estimate of drug-likeness (QED) is 0.216. The van der Waals surface area contributed by atoms with E-state index in [1.54, 1.807) is 0 Å². The Morgan fingerprint density at radius 3 is 1.29 bits per heavy atom. The molecule has 0 saturated carbocycles. The summed E-state index contributed by atoms with van der Waals surface area (Å²) < 4.78 is 62.6. The van der Waals surface area contributed by atoms with Gasteiger partial charge in [0.05, 0.1) is 24.2 Å². The molecule has 0 spiro atoms. The van der Waals surface area contributed by atoms with Crippen molar-refractivity contribution in [2.75, 3.05) is 28.2 Å². The summed E-state index contributed by atoms with van der Waals surface area (Å²) in [4.78, 5) is 55.4. The molecule has 38 heavy (non-hydrogen) atoms. The molecule has 0 saturated heterocycles. The van der Waals surface area contributed by atoms with Crippen molar-refractivity contribution in [1.29, 1.82) is 0 Å². The summed E-state index contributed by atoms with van der Waals surface area (Å²) in [5.74, 6) is -3.59. The highest BCUT2D eigenvalue weighted by Crippen LogP contribution is 2.14. The van der Waals surface area contributed by atoms with E-state index in [4.69, 9.17) is 9.47 Å². The summed E-state index contributed by atoms with van der Waals surface area (Å²) in [6.07, 6.45) is 1.32. The number of hydrogen-bond acceptors (Lipinski definition) is 12. The second-order valence-electron chi connectivity index (χ2n) is 8.22. The second-order valence-corrected chi connectivity index (χ2v) is 12.3. The number of ether oxygens (including phenoxy) is 2. The fraction of sp³-hybridized carbons (Fsp3) is 0.500. The van der Waals surface area contributed by atoms with E-state index in [9.17, 15) is 36.0 Å². The molecule has 0 amide bonds. The first kappa shape index (κ1) is 30.7. The first-order chi connectivity index (χ1) is 17.5. The highest BCUT2D eigenvalue weighted by Gasteiger charge is 2.26. The molecule has 0 unspecified atom stereocenters. The minimum atomic E-state index is -4.04. The van der Waals surface area contributed by atoms with E-state index >= 15 is 0 Å². The van der Waals surface area contributed by atoms with Gasteiger partial charge in [0, 0.05) is 54.4 Å². The zero-order chi connectivity index (χ0) is 29.0. The number of aromatic nitrogens is 4. The molecule has 210 valence electrons. The lowest BCUT2D eigenvalue weighted by atomic mass is 10.3. The number of imidazole rings is 2. The summed E-state index contributed by atoms with van der Waals surface area (Å²) in [7, 11) is -2.97. The van der Waals surface area contributed by atoms with Gasteiger partial charge in [0.15, 0.2) is 23.2 Å². The van der Waals surface area contributed by atoms with Crippen LogP contribution in [0.15, 0.2) is 12.4 Å². The highest BCUT2D eigenvalue weighted by atomic mass is 32.2. The zero-order valence-electron chi connectivity index (χ0n) is 21.6. The molecule has 0 bridgehead atoms. The van der Waals surface area contributed by atoms with Crippen LogP contribution in [0.25, 0.3) is 0 Å². The van der Waals surface area contributed by atoms with Crippen LogP contribution in [-0.4, -0.2) is 95.1 Å². The third-order valence-corrected chi connectivity index (χ3v) is 8.19.